The van der Waals surface area contributed by atoms with Crippen molar-refractivity contribution in [2.24, 2.45) is 0 Å². The van der Waals surface area contributed by atoms with Crippen molar-refractivity contribution in [3.63, 3.8) is 0 Å². The van der Waals surface area contributed by atoms with Crippen molar-refractivity contribution in [1.82, 2.24) is 4.90 Å². The number of nitrogens with zero attached hydrogens (tertiary/aromatic N) is 1. The lowest BCUT2D eigenvalue weighted by molar-refractivity contribution is -0.0777. The maximum Gasteiger partial charge on any atom is 0.254 e. The van der Waals surface area contributed by atoms with Gasteiger partial charge in [-0.15, -0.1) is 0 Å². The Hall–Kier alpha value is -1.81. The number of aryl methyl sites for hydroxylation is 1. The van der Waals surface area contributed by atoms with Crippen LogP contribution in [-0.4, -0.2) is 35.6 Å². The summed E-state index contributed by atoms with van der Waals surface area (Å²) >= 11 is 0. The number of amides is 1. The molecule has 0 bridgehead atoms. The van der Waals surface area contributed by atoms with Crippen LogP contribution >= 0.6 is 0 Å². The number of furan rings is 1. The molecular formula is C19H25NO3. The van der Waals surface area contributed by atoms with Crippen LogP contribution in [0.2, 0.25) is 0 Å². The highest BCUT2D eigenvalue weighted by Crippen LogP contribution is 2.29. The highest BCUT2D eigenvalue weighted by molar-refractivity contribution is 5.98. The molecule has 1 saturated heterocycles. The van der Waals surface area contributed by atoms with Crippen LogP contribution in [-0.2, 0) is 4.74 Å². The lowest BCUT2D eigenvalue weighted by Gasteiger charge is -2.41. The van der Waals surface area contributed by atoms with E-state index in [-0.39, 0.29) is 17.6 Å². The summed E-state index contributed by atoms with van der Waals surface area (Å²) < 4.78 is 11.4. The van der Waals surface area contributed by atoms with Gasteiger partial charge in [0.15, 0.2) is 0 Å². The average Bonchev–Trinajstić information content (AvgIpc) is 2.86. The predicted molar refractivity (Wildman–Crippen MR) is 90.7 cm³/mol. The largest absolute Gasteiger partial charge is 0.461 e. The van der Waals surface area contributed by atoms with Gasteiger partial charge >= 0.3 is 0 Å². The second kappa shape index (κ2) is 6.00. The minimum absolute atomic E-state index is 0.0935. The molecule has 0 spiro atoms. The molecule has 0 radical (unpaired) electrons. The van der Waals surface area contributed by atoms with Crippen LogP contribution in [0.25, 0.3) is 11.0 Å². The highest BCUT2D eigenvalue weighted by Gasteiger charge is 2.34. The van der Waals surface area contributed by atoms with Crippen LogP contribution in [0.5, 0.6) is 0 Å². The van der Waals surface area contributed by atoms with E-state index in [1.54, 1.807) is 0 Å². The fraction of sp³-hybridized carbons (Fsp3) is 0.526. The molecule has 0 aliphatic carbocycles. The van der Waals surface area contributed by atoms with E-state index in [9.17, 15) is 4.79 Å². The molecule has 1 aliphatic rings. The monoisotopic (exact) mass is 315 g/mol. The van der Waals surface area contributed by atoms with Gasteiger partial charge in [-0.05, 0) is 64.8 Å². The van der Waals surface area contributed by atoms with Gasteiger partial charge in [0.25, 0.3) is 5.91 Å². The molecule has 1 atom stereocenters. The van der Waals surface area contributed by atoms with Gasteiger partial charge in [0.05, 0.1) is 5.60 Å². The molecule has 2 aromatic rings. The fourth-order valence-corrected chi connectivity index (χ4v) is 3.51. The van der Waals surface area contributed by atoms with Crippen molar-refractivity contribution in [3.05, 3.63) is 35.6 Å². The minimum Gasteiger partial charge on any atom is -0.461 e. The Kier molecular flexibility index (Phi) is 4.19. The van der Waals surface area contributed by atoms with Crippen molar-refractivity contribution in [2.45, 2.75) is 52.2 Å². The normalized spacial score (nSPS) is 20.6. The lowest BCUT2D eigenvalue weighted by Crippen LogP contribution is -2.48. The maximum absolute atomic E-state index is 13.0. The molecule has 4 heteroatoms. The van der Waals surface area contributed by atoms with Gasteiger partial charge in [-0.2, -0.15) is 0 Å². The highest BCUT2D eigenvalue weighted by atomic mass is 16.5. The quantitative estimate of drug-likeness (QED) is 0.854. The Balaban J connectivity index is 1.85. The summed E-state index contributed by atoms with van der Waals surface area (Å²) in [4.78, 5) is 15.0. The first-order chi connectivity index (χ1) is 10.9. The minimum atomic E-state index is -0.164. The number of rotatable bonds is 3. The van der Waals surface area contributed by atoms with Gasteiger partial charge in [-0.1, -0.05) is 0 Å². The third kappa shape index (κ3) is 3.27. The fourth-order valence-electron chi connectivity index (χ4n) is 3.51. The van der Waals surface area contributed by atoms with E-state index in [0.717, 1.165) is 35.1 Å². The number of hydrogen-bond acceptors (Lipinski definition) is 3. The first kappa shape index (κ1) is 16.1. The molecule has 1 aromatic carbocycles. The van der Waals surface area contributed by atoms with Crippen LogP contribution < -0.4 is 0 Å². The molecule has 0 unspecified atom stereocenters. The van der Waals surface area contributed by atoms with E-state index in [1.165, 1.54) is 0 Å². The number of carbonyl (C=O) groups is 1. The summed E-state index contributed by atoms with van der Waals surface area (Å²) in [5, 5.41) is 0.983. The molecule has 3 rings (SSSR count). The van der Waals surface area contributed by atoms with E-state index >= 15 is 0 Å². The van der Waals surface area contributed by atoms with Gasteiger partial charge in [-0.25, -0.2) is 0 Å². The summed E-state index contributed by atoms with van der Waals surface area (Å²) in [6.07, 6.45) is 1.77. The Morgan fingerprint density at radius 2 is 2.13 bits per heavy atom. The van der Waals surface area contributed by atoms with Gasteiger partial charge in [-0.3, -0.25) is 4.79 Å². The zero-order chi connectivity index (χ0) is 16.6. The first-order valence-electron chi connectivity index (χ1n) is 8.35. The molecular weight excluding hydrogens is 290 g/mol. The van der Waals surface area contributed by atoms with Crippen molar-refractivity contribution in [2.75, 3.05) is 13.2 Å². The number of ether oxygens (including phenoxy) is 1. The second-order valence-corrected chi connectivity index (χ2v) is 6.96. The first-order valence-corrected chi connectivity index (χ1v) is 8.35. The molecule has 23 heavy (non-hydrogen) atoms. The number of benzene rings is 1. The third-order valence-corrected chi connectivity index (χ3v) is 4.60. The molecule has 1 amide bonds. The predicted octanol–water partition coefficient (Wildman–Crippen LogP) is 4.16. The van der Waals surface area contributed by atoms with Gasteiger partial charge in [0.1, 0.15) is 11.3 Å². The average molecular weight is 315 g/mol. The van der Waals surface area contributed by atoms with Gasteiger partial charge in [0.2, 0.25) is 0 Å². The maximum atomic E-state index is 13.0. The van der Waals surface area contributed by atoms with E-state index in [2.05, 4.69) is 13.8 Å². The molecule has 1 fully saturated rings. The van der Waals surface area contributed by atoms with Crippen molar-refractivity contribution in [1.29, 1.82) is 0 Å². The molecule has 4 nitrogen and oxygen atoms in total. The zero-order valence-electron chi connectivity index (χ0n) is 14.4. The molecule has 124 valence electrons. The van der Waals surface area contributed by atoms with Gasteiger partial charge in [0, 0.05) is 30.1 Å². The molecule has 0 N–H and O–H groups in total. The summed E-state index contributed by atoms with van der Waals surface area (Å²) in [6.45, 7) is 9.57. The van der Waals surface area contributed by atoms with Crippen molar-refractivity contribution < 1.29 is 13.9 Å². The Bertz CT molecular complexity index is 716. The van der Waals surface area contributed by atoms with Crippen molar-refractivity contribution >= 4 is 16.9 Å². The summed E-state index contributed by atoms with van der Waals surface area (Å²) in [5.74, 6) is 0.957. The third-order valence-electron chi connectivity index (χ3n) is 4.60. The standard InChI is InChI=1S/C19H25NO3/c1-5-20(16-8-9-22-19(3,4)12-16)18(21)14-6-7-17-15(11-14)10-13(2)23-17/h6-7,10-11,16H,5,8-9,12H2,1-4H3/t16-/m0/s1. The zero-order valence-corrected chi connectivity index (χ0v) is 14.4. The van der Waals surface area contributed by atoms with E-state index in [4.69, 9.17) is 9.15 Å². The topological polar surface area (TPSA) is 42.7 Å². The van der Waals surface area contributed by atoms with Crippen LogP contribution in [0.1, 0.15) is 49.7 Å². The van der Waals surface area contributed by atoms with E-state index in [1.807, 2.05) is 43.0 Å². The molecule has 1 aromatic heterocycles. The summed E-state index contributed by atoms with van der Waals surface area (Å²) in [6, 6.07) is 7.89. The molecule has 1 aliphatic heterocycles. The van der Waals surface area contributed by atoms with Crippen LogP contribution in [0.3, 0.4) is 0 Å². The van der Waals surface area contributed by atoms with Crippen molar-refractivity contribution in [3.8, 4) is 0 Å². The number of carbonyl (C=O) groups excluding carboxylic acids is 1. The Morgan fingerprint density at radius 3 is 2.83 bits per heavy atom. The lowest BCUT2D eigenvalue weighted by atomic mass is 9.92. The SMILES string of the molecule is CCN(C(=O)c1ccc2oc(C)cc2c1)[C@H]1CCOC(C)(C)C1. The smallest absolute Gasteiger partial charge is 0.254 e. The Labute approximate surface area is 137 Å². The van der Waals surface area contributed by atoms with E-state index in [0.29, 0.717) is 13.2 Å². The molecule has 2 heterocycles. The van der Waals surface area contributed by atoms with Crippen LogP contribution in [0.4, 0.5) is 0 Å². The van der Waals surface area contributed by atoms with E-state index < -0.39 is 0 Å². The Morgan fingerprint density at radius 1 is 1.35 bits per heavy atom. The number of fused-ring (bicyclic) bond motifs is 1. The molecule has 0 saturated carbocycles. The van der Waals surface area contributed by atoms with Crippen LogP contribution in [0, 0.1) is 6.92 Å². The second-order valence-electron chi connectivity index (χ2n) is 6.96. The number of hydrogen-bond donors (Lipinski definition) is 0. The van der Waals surface area contributed by atoms with Crippen LogP contribution in [0.15, 0.2) is 28.7 Å². The van der Waals surface area contributed by atoms with Gasteiger partial charge < -0.3 is 14.1 Å². The summed E-state index contributed by atoms with van der Waals surface area (Å²) in [7, 11) is 0. The summed E-state index contributed by atoms with van der Waals surface area (Å²) in [5.41, 5.74) is 1.39.